The van der Waals surface area contributed by atoms with E-state index >= 15 is 0 Å². The zero-order chi connectivity index (χ0) is 13.8. The Hall–Kier alpha value is -0.540. The lowest BCUT2D eigenvalue weighted by Gasteiger charge is -2.19. The highest BCUT2D eigenvalue weighted by Crippen LogP contribution is 2.31. The summed E-state index contributed by atoms with van der Waals surface area (Å²) in [5.74, 6) is 0. The second-order valence-corrected chi connectivity index (χ2v) is 6.08. The smallest absolute Gasteiger partial charge is 0.0453 e. The van der Waals surface area contributed by atoms with Crippen molar-refractivity contribution in [3.8, 4) is 0 Å². The molecule has 1 aromatic carbocycles. The van der Waals surface area contributed by atoms with Crippen molar-refractivity contribution < 1.29 is 0 Å². The number of hydrogen-bond acceptors (Lipinski definition) is 2. The summed E-state index contributed by atoms with van der Waals surface area (Å²) < 4.78 is 0. The van der Waals surface area contributed by atoms with Crippen molar-refractivity contribution in [2.24, 2.45) is 0 Å². The third-order valence-corrected chi connectivity index (χ3v) is 4.78. The van der Waals surface area contributed by atoms with Crippen LogP contribution in [0.5, 0.6) is 0 Å². The molecule has 1 unspecified atom stereocenters. The lowest BCUT2D eigenvalue weighted by Crippen LogP contribution is -2.23. The second kappa shape index (κ2) is 6.76. The third kappa shape index (κ3) is 3.51. The Balaban J connectivity index is 2.29. The molecule has 0 saturated heterocycles. The second-order valence-electron chi connectivity index (χ2n) is 4.52. The molecule has 1 nitrogen and oxygen atoms in total. The predicted molar refractivity (Wildman–Crippen MR) is 85.6 cm³/mol. The maximum Gasteiger partial charge on any atom is 0.0453 e. The molecule has 0 amide bonds. The highest BCUT2D eigenvalue weighted by Gasteiger charge is 2.17. The molecule has 1 heterocycles. The van der Waals surface area contributed by atoms with E-state index in [1.54, 1.807) is 11.3 Å². The van der Waals surface area contributed by atoms with Crippen LogP contribution in [0.4, 0.5) is 0 Å². The van der Waals surface area contributed by atoms with Gasteiger partial charge in [0.15, 0.2) is 0 Å². The summed E-state index contributed by atoms with van der Waals surface area (Å²) in [6, 6.07) is 5.93. The Morgan fingerprint density at radius 1 is 1.21 bits per heavy atom. The summed E-state index contributed by atoms with van der Waals surface area (Å²) in [5.41, 5.74) is 3.67. The van der Waals surface area contributed by atoms with E-state index in [1.807, 2.05) is 18.2 Å². The average Bonchev–Trinajstić information content (AvgIpc) is 2.79. The molecule has 0 aliphatic rings. The van der Waals surface area contributed by atoms with Gasteiger partial charge in [-0.15, -0.1) is 0 Å². The number of hydrogen-bond donors (Lipinski definition) is 1. The summed E-state index contributed by atoms with van der Waals surface area (Å²) in [6.45, 7) is 5.18. The van der Waals surface area contributed by atoms with Crippen LogP contribution in [0.2, 0.25) is 10.0 Å². The Morgan fingerprint density at radius 3 is 2.42 bits per heavy atom. The van der Waals surface area contributed by atoms with E-state index < -0.39 is 0 Å². The topological polar surface area (TPSA) is 12.0 Å². The van der Waals surface area contributed by atoms with Crippen LogP contribution in [0.15, 0.2) is 29.0 Å². The van der Waals surface area contributed by atoms with Gasteiger partial charge in [-0.05, 0) is 59.5 Å². The number of nitrogens with one attached hydrogen (secondary N) is 1. The summed E-state index contributed by atoms with van der Waals surface area (Å²) in [7, 11) is 0. The zero-order valence-corrected chi connectivity index (χ0v) is 13.4. The van der Waals surface area contributed by atoms with E-state index in [2.05, 4.69) is 29.9 Å². The first-order valence-corrected chi connectivity index (χ1v) is 8.02. The Labute approximate surface area is 128 Å². The van der Waals surface area contributed by atoms with Crippen molar-refractivity contribution in [3.63, 3.8) is 0 Å². The molecule has 4 heteroatoms. The standard InChI is InChI=1S/C15H17Cl2NS/c1-3-18-15(12-9-19-8-10(12)2)7-11-13(16)5-4-6-14(11)17/h4-6,8-9,15,18H,3,7H2,1-2H3. The lowest BCUT2D eigenvalue weighted by molar-refractivity contribution is 0.549. The van der Waals surface area contributed by atoms with Crippen molar-refractivity contribution >= 4 is 34.5 Å². The van der Waals surface area contributed by atoms with Crippen molar-refractivity contribution in [1.82, 2.24) is 5.32 Å². The molecule has 1 N–H and O–H groups in total. The van der Waals surface area contributed by atoms with Gasteiger partial charge in [-0.1, -0.05) is 36.2 Å². The molecule has 19 heavy (non-hydrogen) atoms. The van der Waals surface area contributed by atoms with Gasteiger partial charge < -0.3 is 5.32 Å². The maximum atomic E-state index is 6.27. The number of rotatable bonds is 5. The van der Waals surface area contributed by atoms with Gasteiger partial charge in [0.1, 0.15) is 0 Å². The van der Waals surface area contributed by atoms with E-state index in [0.717, 1.165) is 28.6 Å². The fourth-order valence-electron chi connectivity index (χ4n) is 2.20. The van der Waals surface area contributed by atoms with Crippen LogP contribution in [0.1, 0.15) is 29.7 Å². The third-order valence-electron chi connectivity index (χ3n) is 3.19. The molecule has 2 aromatic rings. The Bertz CT molecular complexity index is 531. The highest BCUT2D eigenvalue weighted by molar-refractivity contribution is 7.08. The van der Waals surface area contributed by atoms with Gasteiger partial charge in [0.2, 0.25) is 0 Å². The molecular weight excluding hydrogens is 297 g/mol. The molecule has 2 rings (SSSR count). The number of halogens is 2. The first-order valence-electron chi connectivity index (χ1n) is 6.32. The van der Waals surface area contributed by atoms with Gasteiger partial charge >= 0.3 is 0 Å². The molecule has 0 bridgehead atoms. The van der Waals surface area contributed by atoms with E-state index in [4.69, 9.17) is 23.2 Å². The van der Waals surface area contributed by atoms with Gasteiger partial charge in [0, 0.05) is 16.1 Å². The number of aryl methyl sites for hydroxylation is 1. The van der Waals surface area contributed by atoms with Crippen LogP contribution < -0.4 is 5.32 Å². The summed E-state index contributed by atoms with van der Waals surface area (Å²) in [6.07, 6.45) is 0.809. The first kappa shape index (κ1) is 14.9. The van der Waals surface area contributed by atoms with Crippen molar-refractivity contribution in [2.75, 3.05) is 6.54 Å². The van der Waals surface area contributed by atoms with Crippen LogP contribution in [0.3, 0.4) is 0 Å². The van der Waals surface area contributed by atoms with Crippen LogP contribution in [0, 0.1) is 6.92 Å². The number of likely N-dealkylation sites (N-methyl/N-ethyl adjacent to an activating group) is 1. The lowest BCUT2D eigenvalue weighted by atomic mass is 9.98. The Kier molecular flexibility index (Phi) is 5.28. The van der Waals surface area contributed by atoms with Crippen molar-refractivity contribution in [1.29, 1.82) is 0 Å². The Morgan fingerprint density at radius 2 is 1.89 bits per heavy atom. The van der Waals surface area contributed by atoms with E-state index in [9.17, 15) is 0 Å². The quantitative estimate of drug-likeness (QED) is 0.794. The summed E-state index contributed by atoms with van der Waals surface area (Å²) in [4.78, 5) is 0. The fraction of sp³-hybridized carbons (Fsp3) is 0.333. The normalized spacial score (nSPS) is 12.6. The fourth-order valence-corrected chi connectivity index (χ4v) is 3.65. The molecular formula is C15H17Cl2NS. The van der Waals surface area contributed by atoms with Gasteiger partial charge in [-0.25, -0.2) is 0 Å². The molecule has 0 aliphatic heterocycles. The zero-order valence-electron chi connectivity index (χ0n) is 11.0. The van der Waals surface area contributed by atoms with Crippen molar-refractivity contribution in [2.45, 2.75) is 26.3 Å². The van der Waals surface area contributed by atoms with Gasteiger partial charge in [0.25, 0.3) is 0 Å². The van der Waals surface area contributed by atoms with Crippen LogP contribution >= 0.6 is 34.5 Å². The van der Waals surface area contributed by atoms with Gasteiger partial charge in [-0.3, -0.25) is 0 Å². The molecule has 0 radical (unpaired) electrons. The molecule has 102 valence electrons. The molecule has 0 spiro atoms. The van der Waals surface area contributed by atoms with Crippen LogP contribution in [0.25, 0.3) is 0 Å². The van der Waals surface area contributed by atoms with Gasteiger partial charge in [-0.2, -0.15) is 11.3 Å². The number of thiophene rings is 1. The minimum atomic E-state index is 0.258. The van der Waals surface area contributed by atoms with E-state index in [1.165, 1.54) is 11.1 Å². The summed E-state index contributed by atoms with van der Waals surface area (Å²) >= 11 is 14.3. The first-order chi connectivity index (χ1) is 9.13. The SMILES string of the molecule is CCNC(Cc1c(Cl)cccc1Cl)c1cscc1C. The largest absolute Gasteiger partial charge is 0.310 e. The maximum absolute atomic E-state index is 6.27. The molecule has 1 atom stereocenters. The van der Waals surface area contributed by atoms with Gasteiger partial charge in [0.05, 0.1) is 0 Å². The van der Waals surface area contributed by atoms with Crippen LogP contribution in [-0.2, 0) is 6.42 Å². The highest BCUT2D eigenvalue weighted by atomic mass is 35.5. The minimum absolute atomic E-state index is 0.258. The van der Waals surface area contributed by atoms with E-state index in [0.29, 0.717) is 0 Å². The predicted octanol–water partition coefficient (Wildman–Crippen LogP) is 5.26. The number of benzene rings is 1. The monoisotopic (exact) mass is 313 g/mol. The van der Waals surface area contributed by atoms with E-state index in [-0.39, 0.29) is 6.04 Å². The van der Waals surface area contributed by atoms with Crippen molar-refractivity contribution in [3.05, 3.63) is 55.7 Å². The molecule has 1 aromatic heterocycles. The average molecular weight is 314 g/mol. The molecule has 0 saturated carbocycles. The molecule has 0 aliphatic carbocycles. The van der Waals surface area contributed by atoms with Crippen LogP contribution in [-0.4, -0.2) is 6.54 Å². The minimum Gasteiger partial charge on any atom is -0.310 e. The summed E-state index contributed by atoms with van der Waals surface area (Å²) in [5, 5.41) is 9.37. The molecule has 0 fully saturated rings.